The lowest BCUT2D eigenvalue weighted by molar-refractivity contribution is -0.0237. The number of rotatable bonds is 2. The fourth-order valence-corrected chi connectivity index (χ4v) is 2.35. The average Bonchev–Trinajstić information content (AvgIpc) is 3.00. The second kappa shape index (κ2) is 4.17. The number of phenolic OH excluding ortho intramolecular Hbond substituents is 1. The number of nitrogens with zero attached hydrogens (tertiary/aromatic N) is 1. The zero-order valence-electron chi connectivity index (χ0n) is 10.2. The molecule has 1 aromatic rings. The lowest BCUT2D eigenvalue weighted by Gasteiger charge is -2.17. The molecule has 96 valence electrons. The molecule has 2 aliphatic heterocycles. The molecule has 1 fully saturated rings. The van der Waals surface area contributed by atoms with E-state index in [9.17, 15) is 5.11 Å². The van der Waals surface area contributed by atoms with Gasteiger partial charge in [-0.25, -0.2) is 0 Å². The van der Waals surface area contributed by atoms with Gasteiger partial charge in [-0.05, 0) is 18.2 Å². The predicted molar refractivity (Wildman–Crippen MR) is 65.1 cm³/mol. The minimum atomic E-state index is -0.287. The van der Waals surface area contributed by atoms with Crippen molar-refractivity contribution in [2.45, 2.75) is 18.4 Å². The Balaban J connectivity index is 1.82. The maximum Gasteiger partial charge on any atom is 0.168 e. The molecule has 5 nitrogen and oxygen atoms in total. The third-order valence-electron chi connectivity index (χ3n) is 3.42. The van der Waals surface area contributed by atoms with Crippen molar-refractivity contribution in [1.82, 2.24) is 0 Å². The van der Waals surface area contributed by atoms with Crippen LogP contribution in [0.1, 0.15) is 18.4 Å². The van der Waals surface area contributed by atoms with Gasteiger partial charge in [0.05, 0.1) is 26.0 Å². The van der Waals surface area contributed by atoms with Crippen LogP contribution in [0, 0.1) is 0 Å². The fraction of sp³-hybridized carbons (Fsp3) is 0.462. The monoisotopic (exact) mass is 249 g/mol. The first-order valence-electron chi connectivity index (χ1n) is 5.93. The molecular weight excluding hydrogens is 234 g/mol. The maximum atomic E-state index is 9.76. The highest BCUT2D eigenvalue weighted by Crippen LogP contribution is 2.35. The van der Waals surface area contributed by atoms with Crippen LogP contribution in [-0.4, -0.2) is 36.7 Å². The van der Waals surface area contributed by atoms with Crippen molar-refractivity contribution in [3.8, 4) is 11.5 Å². The second-order valence-corrected chi connectivity index (χ2v) is 4.68. The van der Waals surface area contributed by atoms with Gasteiger partial charge in [-0.3, -0.25) is 0 Å². The molecule has 1 saturated heterocycles. The van der Waals surface area contributed by atoms with Gasteiger partial charge >= 0.3 is 0 Å². The number of benzene rings is 1. The Labute approximate surface area is 105 Å². The van der Waals surface area contributed by atoms with Crippen molar-refractivity contribution in [2.24, 2.45) is 5.16 Å². The number of hydrogen-bond acceptors (Lipinski definition) is 5. The third-order valence-corrected chi connectivity index (χ3v) is 3.42. The maximum absolute atomic E-state index is 9.76. The van der Waals surface area contributed by atoms with E-state index in [-0.39, 0.29) is 11.4 Å². The van der Waals surface area contributed by atoms with Crippen LogP contribution in [0.2, 0.25) is 0 Å². The lowest BCUT2D eigenvalue weighted by atomic mass is 9.93. The molecule has 0 amide bonds. The van der Waals surface area contributed by atoms with E-state index < -0.39 is 0 Å². The van der Waals surface area contributed by atoms with Crippen LogP contribution < -0.4 is 4.74 Å². The van der Waals surface area contributed by atoms with Crippen LogP contribution in [0.15, 0.2) is 23.4 Å². The van der Waals surface area contributed by atoms with E-state index in [4.69, 9.17) is 14.3 Å². The first kappa shape index (κ1) is 11.3. The van der Waals surface area contributed by atoms with Crippen LogP contribution in [0.4, 0.5) is 0 Å². The summed E-state index contributed by atoms with van der Waals surface area (Å²) in [4.78, 5) is 5.51. The van der Waals surface area contributed by atoms with Crippen LogP contribution in [0.25, 0.3) is 0 Å². The van der Waals surface area contributed by atoms with Crippen molar-refractivity contribution in [2.75, 3.05) is 20.3 Å². The molecule has 0 radical (unpaired) electrons. The van der Waals surface area contributed by atoms with Crippen LogP contribution in [0.5, 0.6) is 11.5 Å². The smallest absolute Gasteiger partial charge is 0.168 e. The molecule has 1 unspecified atom stereocenters. The van der Waals surface area contributed by atoms with Crippen LogP contribution >= 0.6 is 0 Å². The molecule has 2 heterocycles. The van der Waals surface area contributed by atoms with E-state index in [0.29, 0.717) is 12.4 Å². The standard InChI is InChI=1S/C13H15NO4/c1-16-12-3-2-9(6-11(12)15)10-7-13(18-14-10)4-5-17-8-13/h2-3,6,15H,4-5,7-8H2,1H3. The molecule has 5 heteroatoms. The van der Waals surface area contributed by atoms with Crippen molar-refractivity contribution in [3.05, 3.63) is 23.8 Å². The van der Waals surface area contributed by atoms with Gasteiger partial charge in [0.2, 0.25) is 0 Å². The van der Waals surface area contributed by atoms with Crippen LogP contribution in [0.3, 0.4) is 0 Å². The molecule has 3 rings (SSSR count). The Bertz CT molecular complexity index is 492. The Hall–Kier alpha value is -1.75. The molecule has 0 aliphatic carbocycles. The highest BCUT2D eigenvalue weighted by molar-refractivity contribution is 6.02. The van der Waals surface area contributed by atoms with E-state index in [0.717, 1.165) is 30.7 Å². The molecule has 1 N–H and O–H groups in total. The number of hydrogen-bond donors (Lipinski definition) is 1. The summed E-state index contributed by atoms with van der Waals surface area (Å²) < 4.78 is 10.4. The minimum Gasteiger partial charge on any atom is -0.504 e. The molecular formula is C13H15NO4. The Morgan fingerprint density at radius 2 is 2.33 bits per heavy atom. The van der Waals surface area contributed by atoms with E-state index in [1.165, 1.54) is 7.11 Å². The first-order chi connectivity index (χ1) is 8.72. The summed E-state index contributed by atoms with van der Waals surface area (Å²) in [5.41, 5.74) is 1.42. The molecule has 1 atom stereocenters. The summed E-state index contributed by atoms with van der Waals surface area (Å²) in [6.45, 7) is 1.30. The van der Waals surface area contributed by atoms with Crippen molar-refractivity contribution in [3.63, 3.8) is 0 Å². The quantitative estimate of drug-likeness (QED) is 0.866. The van der Waals surface area contributed by atoms with Crippen molar-refractivity contribution >= 4 is 5.71 Å². The molecule has 0 saturated carbocycles. The summed E-state index contributed by atoms with van der Waals surface area (Å²) in [7, 11) is 1.52. The van der Waals surface area contributed by atoms with Crippen LogP contribution in [-0.2, 0) is 9.57 Å². The summed E-state index contributed by atoms with van der Waals surface area (Å²) in [5.74, 6) is 0.568. The lowest BCUT2D eigenvalue weighted by Crippen LogP contribution is -2.29. The average molecular weight is 249 g/mol. The SMILES string of the molecule is COc1ccc(C2=NOC3(CCOC3)C2)cc1O. The highest BCUT2D eigenvalue weighted by atomic mass is 16.7. The van der Waals surface area contributed by atoms with Gasteiger partial charge in [-0.2, -0.15) is 0 Å². The predicted octanol–water partition coefficient (Wildman–Crippen LogP) is 1.68. The fourth-order valence-electron chi connectivity index (χ4n) is 2.35. The van der Waals surface area contributed by atoms with Gasteiger partial charge in [0.15, 0.2) is 17.1 Å². The van der Waals surface area contributed by atoms with Gasteiger partial charge in [0.25, 0.3) is 0 Å². The Morgan fingerprint density at radius 3 is 3.00 bits per heavy atom. The number of phenols is 1. The molecule has 0 aromatic heterocycles. The van der Waals surface area contributed by atoms with Gasteiger partial charge in [-0.15, -0.1) is 0 Å². The number of oxime groups is 1. The largest absolute Gasteiger partial charge is 0.504 e. The molecule has 18 heavy (non-hydrogen) atoms. The molecule has 1 spiro atoms. The minimum absolute atomic E-state index is 0.112. The third kappa shape index (κ3) is 1.80. The molecule has 0 bridgehead atoms. The summed E-state index contributed by atoms with van der Waals surface area (Å²) in [6.07, 6.45) is 1.58. The molecule has 2 aliphatic rings. The van der Waals surface area contributed by atoms with Crippen molar-refractivity contribution < 1.29 is 19.4 Å². The van der Waals surface area contributed by atoms with E-state index in [2.05, 4.69) is 5.16 Å². The zero-order valence-corrected chi connectivity index (χ0v) is 10.2. The van der Waals surface area contributed by atoms with Gasteiger partial charge in [0, 0.05) is 18.4 Å². The highest BCUT2D eigenvalue weighted by Gasteiger charge is 2.43. The van der Waals surface area contributed by atoms with Gasteiger partial charge in [0.1, 0.15) is 0 Å². The topological polar surface area (TPSA) is 60.3 Å². The van der Waals surface area contributed by atoms with E-state index in [1.807, 2.05) is 6.07 Å². The van der Waals surface area contributed by atoms with Crippen molar-refractivity contribution in [1.29, 1.82) is 0 Å². The summed E-state index contributed by atoms with van der Waals surface area (Å²) in [5, 5.41) is 13.9. The number of ether oxygens (including phenoxy) is 2. The van der Waals surface area contributed by atoms with E-state index in [1.54, 1.807) is 12.1 Å². The number of aromatic hydroxyl groups is 1. The van der Waals surface area contributed by atoms with Gasteiger partial charge < -0.3 is 19.4 Å². The Kier molecular flexibility index (Phi) is 2.63. The Morgan fingerprint density at radius 1 is 1.44 bits per heavy atom. The summed E-state index contributed by atoms with van der Waals surface area (Å²) >= 11 is 0. The first-order valence-corrected chi connectivity index (χ1v) is 5.93. The zero-order chi connectivity index (χ0) is 12.6. The summed E-state index contributed by atoms with van der Waals surface area (Å²) in [6, 6.07) is 5.24. The van der Waals surface area contributed by atoms with Gasteiger partial charge in [-0.1, -0.05) is 5.16 Å². The van der Waals surface area contributed by atoms with E-state index >= 15 is 0 Å². The molecule has 1 aromatic carbocycles. The second-order valence-electron chi connectivity index (χ2n) is 4.68. The normalized spacial score (nSPS) is 26.2. The number of methoxy groups -OCH3 is 1.